The zero-order valence-corrected chi connectivity index (χ0v) is 19.1. The predicted molar refractivity (Wildman–Crippen MR) is 121 cm³/mol. The van der Waals surface area contributed by atoms with Crippen LogP contribution in [0.15, 0.2) is 29.3 Å². The number of ether oxygens (including phenoxy) is 3. The van der Waals surface area contributed by atoms with Crippen molar-refractivity contribution in [1.29, 1.82) is 0 Å². The average Bonchev–Trinajstić information content (AvgIpc) is 2.69. The van der Waals surface area contributed by atoms with Crippen molar-refractivity contribution in [1.82, 2.24) is 10.2 Å². The zero-order chi connectivity index (χ0) is 18.6. The Balaban J connectivity index is 0.00000364. The van der Waals surface area contributed by atoms with Gasteiger partial charge in [-0.05, 0) is 44.2 Å². The van der Waals surface area contributed by atoms with Crippen molar-refractivity contribution < 1.29 is 14.2 Å². The molecule has 6 nitrogen and oxygen atoms in total. The van der Waals surface area contributed by atoms with Crippen LogP contribution in [0.25, 0.3) is 0 Å². The minimum absolute atomic E-state index is 0. The summed E-state index contributed by atoms with van der Waals surface area (Å²) in [5, 5.41) is 3.36. The summed E-state index contributed by atoms with van der Waals surface area (Å²) in [5.74, 6) is 3.31. The maximum absolute atomic E-state index is 5.76. The van der Waals surface area contributed by atoms with Gasteiger partial charge in [0.1, 0.15) is 18.1 Å². The molecule has 0 aliphatic carbocycles. The summed E-state index contributed by atoms with van der Waals surface area (Å²) in [6.45, 7) is 6.92. The number of methoxy groups -OCH3 is 1. The highest BCUT2D eigenvalue weighted by Gasteiger charge is 2.15. The second kappa shape index (κ2) is 13.9. The maximum Gasteiger partial charge on any atom is 0.193 e. The highest BCUT2D eigenvalue weighted by atomic mass is 127. The largest absolute Gasteiger partial charge is 0.497 e. The molecule has 154 valence electrons. The van der Waals surface area contributed by atoms with E-state index in [1.807, 2.05) is 24.3 Å². The van der Waals surface area contributed by atoms with Gasteiger partial charge < -0.3 is 24.4 Å². The number of rotatable bonds is 9. The normalized spacial score (nSPS) is 15.0. The molecule has 1 N–H and O–H groups in total. The quantitative estimate of drug-likeness (QED) is 0.249. The van der Waals surface area contributed by atoms with Gasteiger partial charge in [0.05, 0.1) is 13.7 Å². The van der Waals surface area contributed by atoms with E-state index in [4.69, 9.17) is 14.2 Å². The van der Waals surface area contributed by atoms with Crippen LogP contribution in [-0.4, -0.2) is 64.5 Å². The van der Waals surface area contributed by atoms with Gasteiger partial charge in [-0.1, -0.05) is 6.07 Å². The Morgan fingerprint density at radius 1 is 1.30 bits per heavy atom. The third-order valence-electron chi connectivity index (χ3n) is 4.57. The van der Waals surface area contributed by atoms with Crippen molar-refractivity contribution in [3.63, 3.8) is 0 Å². The summed E-state index contributed by atoms with van der Waals surface area (Å²) < 4.78 is 16.4. The molecule has 1 aliphatic rings. The molecule has 7 heteroatoms. The first-order chi connectivity index (χ1) is 12.7. The molecule has 0 spiro atoms. The van der Waals surface area contributed by atoms with Crippen molar-refractivity contribution in [2.75, 3.05) is 53.6 Å². The van der Waals surface area contributed by atoms with Gasteiger partial charge in [-0.2, -0.15) is 0 Å². The number of benzene rings is 1. The van der Waals surface area contributed by atoms with Crippen LogP contribution in [0.3, 0.4) is 0 Å². The first-order valence-corrected chi connectivity index (χ1v) is 9.57. The molecule has 1 saturated heterocycles. The number of nitrogens with one attached hydrogen (secondary N) is 1. The van der Waals surface area contributed by atoms with Crippen LogP contribution < -0.4 is 14.8 Å². The zero-order valence-electron chi connectivity index (χ0n) is 16.8. The van der Waals surface area contributed by atoms with E-state index in [2.05, 4.69) is 29.2 Å². The van der Waals surface area contributed by atoms with Crippen molar-refractivity contribution >= 4 is 29.9 Å². The molecule has 0 atom stereocenters. The molecule has 0 saturated carbocycles. The van der Waals surface area contributed by atoms with Gasteiger partial charge in [0.15, 0.2) is 5.96 Å². The van der Waals surface area contributed by atoms with Crippen molar-refractivity contribution in [3.05, 3.63) is 24.3 Å². The third-order valence-corrected chi connectivity index (χ3v) is 4.57. The van der Waals surface area contributed by atoms with E-state index in [-0.39, 0.29) is 24.0 Å². The Labute approximate surface area is 180 Å². The van der Waals surface area contributed by atoms with Crippen LogP contribution in [0.5, 0.6) is 11.5 Å². The minimum Gasteiger partial charge on any atom is -0.497 e. The fraction of sp³-hybridized carbons (Fsp3) is 0.650. The van der Waals surface area contributed by atoms with Crippen LogP contribution in [0.2, 0.25) is 0 Å². The molecule has 1 aromatic carbocycles. The molecule has 2 rings (SSSR count). The minimum atomic E-state index is 0. The van der Waals surface area contributed by atoms with Gasteiger partial charge >= 0.3 is 0 Å². The Morgan fingerprint density at radius 3 is 2.74 bits per heavy atom. The highest BCUT2D eigenvalue weighted by molar-refractivity contribution is 14.0. The van der Waals surface area contributed by atoms with E-state index >= 15 is 0 Å². The summed E-state index contributed by atoms with van der Waals surface area (Å²) in [5.41, 5.74) is 0. The summed E-state index contributed by atoms with van der Waals surface area (Å²) >= 11 is 0. The smallest absolute Gasteiger partial charge is 0.193 e. The van der Waals surface area contributed by atoms with E-state index < -0.39 is 0 Å². The number of hydrogen-bond donors (Lipinski definition) is 1. The third kappa shape index (κ3) is 9.01. The van der Waals surface area contributed by atoms with Crippen LogP contribution in [-0.2, 0) is 4.74 Å². The van der Waals surface area contributed by atoms with E-state index in [0.717, 1.165) is 49.7 Å². The lowest BCUT2D eigenvalue weighted by Gasteiger charge is -2.26. The number of aliphatic imine (C=N–C) groups is 1. The van der Waals surface area contributed by atoms with E-state index in [1.54, 1.807) is 7.11 Å². The fourth-order valence-corrected chi connectivity index (χ4v) is 2.99. The molecule has 1 aliphatic heterocycles. The van der Waals surface area contributed by atoms with Gasteiger partial charge in [-0.25, -0.2) is 4.99 Å². The standard InChI is InChI=1S/C20H33N3O3.HI/c1-4-21-20(23(2)12-8-17-9-13-25-14-10-17)22-11-15-26-19-7-5-6-18(16-19)24-3;/h5-7,16-17H,4,8-15H2,1-3H3,(H,21,22);1H. The van der Waals surface area contributed by atoms with Gasteiger partial charge in [0.2, 0.25) is 0 Å². The van der Waals surface area contributed by atoms with Gasteiger partial charge in [0.25, 0.3) is 0 Å². The Bertz CT molecular complexity index is 551. The van der Waals surface area contributed by atoms with Crippen molar-refractivity contribution in [3.8, 4) is 11.5 Å². The summed E-state index contributed by atoms with van der Waals surface area (Å²) in [6.07, 6.45) is 3.54. The molecular formula is C20H34IN3O3. The monoisotopic (exact) mass is 491 g/mol. The molecule has 1 heterocycles. The Hall–Kier alpha value is -1.22. The van der Waals surface area contributed by atoms with Crippen molar-refractivity contribution in [2.24, 2.45) is 10.9 Å². The molecule has 1 fully saturated rings. The molecule has 0 unspecified atom stereocenters. The summed E-state index contributed by atoms with van der Waals surface area (Å²) in [7, 11) is 3.76. The van der Waals surface area contributed by atoms with E-state index in [9.17, 15) is 0 Å². The first-order valence-electron chi connectivity index (χ1n) is 9.57. The summed E-state index contributed by atoms with van der Waals surface area (Å²) in [4.78, 5) is 6.90. The Morgan fingerprint density at radius 2 is 2.04 bits per heavy atom. The lowest BCUT2D eigenvalue weighted by molar-refractivity contribution is 0.0625. The molecule has 0 radical (unpaired) electrons. The molecule has 27 heavy (non-hydrogen) atoms. The number of nitrogens with zero attached hydrogens (tertiary/aromatic N) is 2. The van der Waals surface area contributed by atoms with Gasteiger partial charge in [-0.3, -0.25) is 0 Å². The SMILES string of the molecule is CCNC(=NCCOc1cccc(OC)c1)N(C)CCC1CCOCC1.I. The number of guanidine groups is 1. The molecule has 0 aromatic heterocycles. The van der Waals surface area contributed by atoms with Crippen LogP contribution in [0.4, 0.5) is 0 Å². The van der Waals surface area contributed by atoms with Gasteiger partial charge in [0, 0.05) is 39.4 Å². The van der Waals surface area contributed by atoms with E-state index in [1.165, 1.54) is 19.3 Å². The highest BCUT2D eigenvalue weighted by Crippen LogP contribution is 2.19. The number of hydrogen-bond acceptors (Lipinski definition) is 4. The predicted octanol–water partition coefficient (Wildman–Crippen LogP) is 3.41. The second-order valence-electron chi connectivity index (χ2n) is 6.53. The second-order valence-corrected chi connectivity index (χ2v) is 6.53. The maximum atomic E-state index is 5.76. The Kier molecular flexibility index (Phi) is 12.2. The van der Waals surface area contributed by atoms with Crippen LogP contribution in [0, 0.1) is 5.92 Å². The lowest BCUT2D eigenvalue weighted by atomic mass is 9.96. The first kappa shape index (κ1) is 23.8. The molecule has 0 bridgehead atoms. The average molecular weight is 491 g/mol. The lowest BCUT2D eigenvalue weighted by Crippen LogP contribution is -2.40. The fourth-order valence-electron chi connectivity index (χ4n) is 2.99. The van der Waals surface area contributed by atoms with Crippen LogP contribution in [0.1, 0.15) is 26.2 Å². The molecular weight excluding hydrogens is 457 g/mol. The van der Waals surface area contributed by atoms with Crippen molar-refractivity contribution in [2.45, 2.75) is 26.2 Å². The van der Waals surface area contributed by atoms with E-state index in [0.29, 0.717) is 13.2 Å². The summed E-state index contributed by atoms with van der Waals surface area (Å²) in [6, 6.07) is 7.64. The topological polar surface area (TPSA) is 55.3 Å². The molecule has 0 amide bonds. The van der Waals surface area contributed by atoms with Gasteiger partial charge in [-0.15, -0.1) is 24.0 Å². The molecule has 1 aromatic rings. The van der Waals surface area contributed by atoms with Crippen LogP contribution >= 0.6 is 24.0 Å². The number of halogens is 1.